The number of rotatable bonds is 7. The van der Waals surface area contributed by atoms with Crippen LogP contribution in [0.2, 0.25) is 0 Å². The highest BCUT2D eigenvalue weighted by atomic mass is 32.2. The fourth-order valence-electron chi connectivity index (χ4n) is 3.66. The molecule has 8 heteroatoms. The maximum atomic E-state index is 13.2. The van der Waals surface area contributed by atoms with Crippen molar-refractivity contribution in [1.82, 2.24) is 15.2 Å². The van der Waals surface area contributed by atoms with Crippen molar-refractivity contribution < 1.29 is 14.3 Å². The van der Waals surface area contributed by atoms with E-state index in [4.69, 9.17) is 14.5 Å². The number of carbonyl (C=O) groups excluding carboxylic acids is 1. The molecule has 0 fully saturated rings. The SMILES string of the molecule is CCC(=O)N1c2ccccc2-c2nnc(SCC(C)C)nc2OC1c1ccc(OC(C)C)cc1. The van der Waals surface area contributed by atoms with Crippen LogP contribution < -0.4 is 14.4 Å². The summed E-state index contributed by atoms with van der Waals surface area (Å²) in [5.74, 6) is 2.44. The van der Waals surface area contributed by atoms with E-state index >= 15 is 0 Å². The molecule has 1 amide bonds. The first-order valence-electron chi connectivity index (χ1n) is 11.6. The Bertz CT molecular complexity index is 1150. The van der Waals surface area contributed by atoms with Crippen molar-refractivity contribution >= 4 is 23.4 Å². The van der Waals surface area contributed by atoms with Gasteiger partial charge in [-0.2, -0.15) is 4.98 Å². The lowest BCUT2D eigenvalue weighted by Gasteiger charge is -2.30. The molecule has 7 nitrogen and oxygen atoms in total. The van der Waals surface area contributed by atoms with Crippen LogP contribution in [0.15, 0.2) is 53.7 Å². The number of hydrogen-bond acceptors (Lipinski definition) is 7. The number of aromatic nitrogens is 3. The van der Waals surface area contributed by atoms with E-state index in [-0.39, 0.29) is 12.0 Å². The van der Waals surface area contributed by atoms with E-state index in [9.17, 15) is 4.79 Å². The number of ether oxygens (including phenoxy) is 2. The fraction of sp³-hybridized carbons (Fsp3) is 0.385. The van der Waals surface area contributed by atoms with Gasteiger partial charge in [-0.05, 0) is 50.1 Å². The zero-order chi connectivity index (χ0) is 24.2. The van der Waals surface area contributed by atoms with Gasteiger partial charge in [0.25, 0.3) is 0 Å². The summed E-state index contributed by atoms with van der Waals surface area (Å²) in [6, 6.07) is 15.3. The summed E-state index contributed by atoms with van der Waals surface area (Å²) in [7, 11) is 0. The summed E-state index contributed by atoms with van der Waals surface area (Å²) in [5.41, 5.74) is 2.83. The van der Waals surface area contributed by atoms with Crippen molar-refractivity contribution in [2.24, 2.45) is 5.92 Å². The highest BCUT2D eigenvalue weighted by Gasteiger charge is 2.35. The minimum Gasteiger partial charge on any atom is -0.491 e. The molecule has 0 aliphatic carbocycles. The quantitative estimate of drug-likeness (QED) is 0.391. The maximum absolute atomic E-state index is 13.2. The third-order valence-corrected chi connectivity index (χ3v) is 6.43. The number of nitrogens with zero attached hydrogens (tertiary/aromatic N) is 4. The number of hydrogen-bond donors (Lipinski definition) is 0. The minimum atomic E-state index is -0.706. The molecule has 0 saturated carbocycles. The van der Waals surface area contributed by atoms with Gasteiger partial charge in [-0.1, -0.05) is 50.7 Å². The van der Waals surface area contributed by atoms with Crippen molar-refractivity contribution in [1.29, 1.82) is 0 Å². The zero-order valence-electron chi connectivity index (χ0n) is 20.2. The summed E-state index contributed by atoms with van der Waals surface area (Å²) in [5, 5.41) is 9.37. The van der Waals surface area contributed by atoms with Gasteiger partial charge < -0.3 is 9.47 Å². The van der Waals surface area contributed by atoms with Gasteiger partial charge in [0.05, 0.1) is 11.8 Å². The second kappa shape index (κ2) is 10.4. The number of anilines is 1. The summed E-state index contributed by atoms with van der Waals surface area (Å²) in [6.45, 7) is 10.1. The molecule has 1 aliphatic heterocycles. The van der Waals surface area contributed by atoms with Crippen LogP contribution in [0.1, 0.15) is 52.8 Å². The molecule has 1 aromatic heterocycles. The van der Waals surface area contributed by atoms with Crippen molar-refractivity contribution in [3.63, 3.8) is 0 Å². The number of fused-ring (bicyclic) bond motifs is 3. The van der Waals surface area contributed by atoms with Crippen LogP contribution in [0.5, 0.6) is 11.6 Å². The van der Waals surface area contributed by atoms with Crippen molar-refractivity contribution in [3.8, 4) is 22.9 Å². The van der Waals surface area contributed by atoms with Crippen molar-refractivity contribution in [2.45, 2.75) is 58.5 Å². The minimum absolute atomic E-state index is 0.0601. The lowest BCUT2D eigenvalue weighted by Crippen LogP contribution is -2.37. The molecule has 4 rings (SSSR count). The van der Waals surface area contributed by atoms with Gasteiger partial charge in [-0.3, -0.25) is 9.69 Å². The summed E-state index contributed by atoms with van der Waals surface area (Å²) < 4.78 is 12.3. The van der Waals surface area contributed by atoms with Crippen LogP contribution in [0.4, 0.5) is 5.69 Å². The number of amides is 1. The molecule has 178 valence electrons. The number of thioether (sulfide) groups is 1. The van der Waals surface area contributed by atoms with Crippen LogP contribution in [0.25, 0.3) is 11.3 Å². The molecule has 3 aromatic rings. The number of para-hydroxylation sites is 1. The molecule has 1 unspecified atom stereocenters. The van der Waals surface area contributed by atoms with Crippen LogP contribution in [0, 0.1) is 5.92 Å². The second-order valence-corrected chi connectivity index (χ2v) is 9.78. The van der Waals surface area contributed by atoms with Crippen LogP contribution in [-0.4, -0.2) is 32.9 Å². The fourth-order valence-corrected chi connectivity index (χ4v) is 4.38. The molecule has 0 bridgehead atoms. The van der Waals surface area contributed by atoms with Gasteiger partial charge in [0.2, 0.25) is 23.2 Å². The Labute approximate surface area is 204 Å². The van der Waals surface area contributed by atoms with Crippen LogP contribution >= 0.6 is 11.8 Å². The summed E-state index contributed by atoms with van der Waals surface area (Å²) in [6.07, 6.45) is -0.308. The smallest absolute Gasteiger partial charge is 0.247 e. The highest BCUT2D eigenvalue weighted by molar-refractivity contribution is 7.99. The molecule has 34 heavy (non-hydrogen) atoms. The lowest BCUT2D eigenvalue weighted by molar-refractivity contribution is -0.120. The standard InChI is InChI=1S/C26H30N4O3S/c1-6-22(31)30-21-10-8-7-9-20(21)23-24(27-26(29-28-23)34-15-16(2)3)33-25(30)18-11-13-19(14-12-18)32-17(4)5/h7-14,16-17,25H,6,15H2,1-5H3. The molecule has 2 aromatic carbocycles. The van der Waals surface area contributed by atoms with Crippen LogP contribution in [0.3, 0.4) is 0 Å². The molecule has 0 radical (unpaired) electrons. The van der Waals surface area contributed by atoms with E-state index in [0.29, 0.717) is 29.1 Å². The molecule has 1 aliphatic rings. The third-order valence-electron chi connectivity index (χ3n) is 5.17. The first kappa shape index (κ1) is 24.0. The highest BCUT2D eigenvalue weighted by Crippen LogP contribution is 2.43. The Hall–Kier alpha value is -3.13. The van der Waals surface area contributed by atoms with E-state index in [1.165, 1.54) is 0 Å². The zero-order valence-corrected chi connectivity index (χ0v) is 21.0. The van der Waals surface area contributed by atoms with E-state index in [1.807, 2.05) is 69.3 Å². The average molecular weight is 479 g/mol. The van der Waals surface area contributed by atoms with Gasteiger partial charge in [-0.25, -0.2) is 0 Å². The van der Waals surface area contributed by atoms with Gasteiger partial charge in [0.15, 0.2) is 5.69 Å². The maximum Gasteiger partial charge on any atom is 0.247 e. The second-order valence-electron chi connectivity index (χ2n) is 8.79. The first-order chi connectivity index (χ1) is 16.4. The molecular formula is C26H30N4O3S. The van der Waals surface area contributed by atoms with E-state index in [2.05, 4.69) is 24.0 Å². The van der Waals surface area contributed by atoms with Gasteiger partial charge in [0.1, 0.15) is 5.75 Å². The van der Waals surface area contributed by atoms with Gasteiger partial charge in [-0.15, -0.1) is 10.2 Å². The van der Waals surface area contributed by atoms with E-state index < -0.39 is 6.23 Å². The Kier molecular flexibility index (Phi) is 7.36. The van der Waals surface area contributed by atoms with Crippen LogP contribution in [-0.2, 0) is 4.79 Å². The predicted molar refractivity (Wildman–Crippen MR) is 134 cm³/mol. The summed E-state index contributed by atoms with van der Waals surface area (Å²) >= 11 is 1.54. The molecule has 1 atom stereocenters. The van der Waals surface area contributed by atoms with E-state index in [1.54, 1.807) is 16.7 Å². The Morgan fingerprint density at radius 3 is 2.50 bits per heavy atom. The van der Waals surface area contributed by atoms with Crippen molar-refractivity contribution in [2.75, 3.05) is 10.7 Å². The van der Waals surface area contributed by atoms with Crippen molar-refractivity contribution in [3.05, 3.63) is 54.1 Å². The number of carbonyl (C=O) groups is 1. The summed E-state index contributed by atoms with van der Waals surface area (Å²) in [4.78, 5) is 19.6. The number of benzene rings is 2. The lowest BCUT2D eigenvalue weighted by atomic mass is 10.1. The monoisotopic (exact) mass is 478 g/mol. The van der Waals surface area contributed by atoms with E-state index in [0.717, 1.165) is 28.3 Å². The van der Waals surface area contributed by atoms with Gasteiger partial charge in [0, 0.05) is 23.3 Å². The third kappa shape index (κ3) is 5.17. The topological polar surface area (TPSA) is 77.4 Å². The molecule has 0 spiro atoms. The molecular weight excluding hydrogens is 448 g/mol. The largest absolute Gasteiger partial charge is 0.491 e. The first-order valence-corrected chi connectivity index (χ1v) is 12.6. The average Bonchev–Trinajstić information content (AvgIpc) is 2.96. The molecule has 0 saturated heterocycles. The molecule has 2 heterocycles. The normalized spacial score (nSPS) is 14.9. The Balaban J connectivity index is 1.82. The van der Waals surface area contributed by atoms with Gasteiger partial charge >= 0.3 is 0 Å². The molecule has 0 N–H and O–H groups in total. The Morgan fingerprint density at radius 2 is 1.82 bits per heavy atom. The predicted octanol–water partition coefficient (Wildman–Crippen LogP) is 5.91. The Morgan fingerprint density at radius 1 is 1.09 bits per heavy atom.